The molecule has 0 radical (unpaired) electrons. The summed E-state index contributed by atoms with van der Waals surface area (Å²) in [6.45, 7) is 11.3. The predicted molar refractivity (Wildman–Crippen MR) is 93.0 cm³/mol. The number of aromatic nitrogens is 1. The first-order valence-electron chi connectivity index (χ1n) is 8.83. The lowest BCUT2D eigenvalue weighted by molar-refractivity contribution is 0.520. The van der Waals surface area contributed by atoms with Gasteiger partial charge in [0.25, 0.3) is 0 Å². The zero-order valence-corrected chi connectivity index (χ0v) is 15.1. The fraction of sp³-hybridized carbons (Fsp3) is 0.833. The van der Waals surface area contributed by atoms with E-state index in [0.29, 0.717) is 5.92 Å². The van der Waals surface area contributed by atoms with Crippen molar-refractivity contribution in [1.29, 1.82) is 0 Å². The Morgan fingerprint density at radius 2 is 2.10 bits per heavy atom. The first-order valence-corrected chi connectivity index (χ1v) is 9.64. The van der Waals surface area contributed by atoms with Crippen LogP contribution in [0.4, 0.5) is 0 Å². The normalized spacial score (nSPS) is 22.3. The van der Waals surface area contributed by atoms with Crippen LogP contribution in [0, 0.1) is 11.8 Å². The van der Waals surface area contributed by atoms with Crippen molar-refractivity contribution < 1.29 is 0 Å². The number of nitrogens with one attached hydrogen (secondary N) is 1. The SMILES string of the molecule is CCCNCc1sc(C2CCC(CC)C2)nc1CC(C)C. The highest BCUT2D eigenvalue weighted by Gasteiger charge is 2.28. The quantitative estimate of drug-likeness (QED) is 0.673. The highest BCUT2D eigenvalue weighted by Crippen LogP contribution is 2.41. The van der Waals surface area contributed by atoms with Crippen molar-refractivity contribution in [3.8, 4) is 0 Å². The molecule has 21 heavy (non-hydrogen) atoms. The van der Waals surface area contributed by atoms with Gasteiger partial charge in [-0.05, 0) is 50.5 Å². The molecule has 0 spiro atoms. The lowest BCUT2D eigenvalue weighted by Gasteiger charge is -2.06. The average molecular weight is 309 g/mol. The van der Waals surface area contributed by atoms with Gasteiger partial charge in [0.1, 0.15) is 0 Å². The van der Waals surface area contributed by atoms with Crippen LogP contribution >= 0.6 is 11.3 Å². The van der Waals surface area contributed by atoms with Crippen molar-refractivity contribution in [2.75, 3.05) is 6.54 Å². The standard InChI is InChI=1S/C18H32N2S/c1-5-9-19-12-17-16(10-13(3)4)20-18(21-17)15-8-7-14(6-2)11-15/h13-15,19H,5-12H2,1-4H3. The van der Waals surface area contributed by atoms with Gasteiger partial charge in [-0.3, -0.25) is 0 Å². The van der Waals surface area contributed by atoms with Crippen LogP contribution in [0.5, 0.6) is 0 Å². The van der Waals surface area contributed by atoms with E-state index in [-0.39, 0.29) is 0 Å². The summed E-state index contributed by atoms with van der Waals surface area (Å²) in [5.74, 6) is 2.37. The van der Waals surface area contributed by atoms with E-state index in [9.17, 15) is 0 Å². The summed E-state index contributed by atoms with van der Waals surface area (Å²) in [4.78, 5) is 6.55. The van der Waals surface area contributed by atoms with Gasteiger partial charge >= 0.3 is 0 Å². The minimum absolute atomic E-state index is 0.692. The van der Waals surface area contributed by atoms with Crippen molar-refractivity contribution in [1.82, 2.24) is 10.3 Å². The maximum atomic E-state index is 5.06. The summed E-state index contributed by atoms with van der Waals surface area (Å²) in [5, 5.41) is 4.99. The zero-order chi connectivity index (χ0) is 15.2. The fourth-order valence-corrected chi connectivity index (χ4v) is 4.52. The molecule has 1 aromatic rings. The molecule has 1 N–H and O–H groups in total. The van der Waals surface area contributed by atoms with Crippen LogP contribution in [0.1, 0.15) is 81.3 Å². The van der Waals surface area contributed by atoms with Crippen molar-refractivity contribution >= 4 is 11.3 Å². The molecular weight excluding hydrogens is 276 g/mol. The number of rotatable bonds is 8. The monoisotopic (exact) mass is 308 g/mol. The van der Waals surface area contributed by atoms with Crippen LogP contribution < -0.4 is 5.32 Å². The number of thiazole rings is 1. The second-order valence-corrected chi connectivity index (χ2v) is 8.10. The van der Waals surface area contributed by atoms with Gasteiger partial charge in [0.15, 0.2) is 0 Å². The third kappa shape index (κ3) is 4.79. The average Bonchev–Trinajstić information content (AvgIpc) is 3.05. The molecule has 2 nitrogen and oxygen atoms in total. The van der Waals surface area contributed by atoms with Gasteiger partial charge < -0.3 is 5.32 Å². The van der Waals surface area contributed by atoms with Crippen LogP contribution in [0.15, 0.2) is 0 Å². The van der Waals surface area contributed by atoms with Crippen LogP contribution in [0.25, 0.3) is 0 Å². The van der Waals surface area contributed by atoms with Gasteiger partial charge in [0.2, 0.25) is 0 Å². The summed E-state index contributed by atoms with van der Waals surface area (Å²) in [6.07, 6.45) is 7.80. The maximum absolute atomic E-state index is 5.06. The van der Waals surface area contributed by atoms with Crippen molar-refractivity contribution in [3.05, 3.63) is 15.6 Å². The van der Waals surface area contributed by atoms with Crippen LogP contribution in [-0.4, -0.2) is 11.5 Å². The molecule has 1 fully saturated rings. The molecule has 1 heterocycles. The molecule has 2 atom stereocenters. The lowest BCUT2D eigenvalue weighted by atomic mass is 10.0. The van der Waals surface area contributed by atoms with Gasteiger partial charge in [-0.2, -0.15) is 0 Å². The second-order valence-electron chi connectivity index (χ2n) is 6.98. The Labute approximate surface area is 134 Å². The number of hydrogen-bond acceptors (Lipinski definition) is 3. The van der Waals surface area contributed by atoms with Gasteiger partial charge in [0, 0.05) is 17.3 Å². The summed E-state index contributed by atoms with van der Waals surface area (Å²) >= 11 is 1.99. The Morgan fingerprint density at radius 1 is 1.29 bits per heavy atom. The first-order chi connectivity index (χ1) is 10.1. The molecule has 1 saturated carbocycles. The zero-order valence-electron chi connectivity index (χ0n) is 14.2. The third-order valence-corrected chi connectivity index (χ3v) is 5.84. The third-order valence-electron chi connectivity index (χ3n) is 4.58. The van der Waals surface area contributed by atoms with Gasteiger partial charge in [-0.1, -0.05) is 34.1 Å². The Hall–Kier alpha value is -0.410. The molecule has 1 aliphatic carbocycles. The molecule has 0 aromatic carbocycles. The molecule has 0 bridgehead atoms. The highest BCUT2D eigenvalue weighted by molar-refractivity contribution is 7.11. The van der Waals surface area contributed by atoms with E-state index < -0.39 is 0 Å². The highest BCUT2D eigenvalue weighted by atomic mass is 32.1. The molecule has 0 aliphatic heterocycles. The molecular formula is C18H32N2S. The fourth-order valence-electron chi connectivity index (χ4n) is 3.31. The Balaban J connectivity index is 2.07. The Morgan fingerprint density at radius 3 is 2.71 bits per heavy atom. The molecule has 3 heteroatoms. The van der Waals surface area contributed by atoms with Crippen molar-refractivity contribution in [2.24, 2.45) is 11.8 Å². The molecule has 1 aromatic heterocycles. The Kier molecular flexibility index (Phi) is 6.69. The molecule has 2 unspecified atom stereocenters. The first kappa shape index (κ1) is 17.0. The second kappa shape index (κ2) is 8.28. The van der Waals surface area contributed by atoms with E-state index in [2.05, 4.69) is 33.0 Å². The van der Waals surface area contributed by atoms with E-state index in [1.54, 1.807) is 0 Å². The summed E-state index contributed by atoms with van der Waals surface area (Å²) in [5.41, 5.74) is 1.37. The van der Waals surface area contributed by atoms with E-state index >= 15 is 0 Å². The topological polar surface area (TPSA) is 24.9 Å². The van der Waals surface area contributed by atoms with E-state index in [1.165, 1.54) is 47.7 Å². The molecule has 2 rings (SSSR count). The van der Waals surface area contributed by atoms with Crippen molar-refractivity contribution in [3.63, 3.8) is 0 Å². The summed E-state index contributed by atoms with van der Waals surface area (Å²) in [7, 11) is 0. The van der Waals surface area contributed by atoms with Gasteiger partial charge in [0.05, 0.1) is 10.7 Å². The molecule has 1 aliphatic rings. The van der Waals surface area contributed by atoms with Crippen LogP contribution in [0.3, 0.4) is 0 Å². The minimum Gasteiger partial charge on any atom is -0.312 e. The molecule has 0 amide bonds. The smallest absolute Gasteiger partial charge is 0.0962 e. The van der Waals surface area contributed by atoms with E-state index in [1.807, 2.05) is 11.3 Å². The minimum atomic E-state index is 0.692. The van der Waals surface area contributed by atoms with E-state index in [0.717, 1.165) is 31.3 Å². The van der Waals surface area contributed by atoms with Gasteiger partial charge in [-0.15, -0.1) is 11.3 Å². The van der Waals surface area contributed by atoms with Crippen LogP contribution in [-0.2, 0) is 13.0 Å². The Bertz CT molecular complexity index is 425. The number of nitrogens with zero attached hydrogens (tertiary/aromatic N) is 1. The van der Waals surface area contributed by atoms with E-state index in [4.69, 9.17) is 4.98 Å². The summed E-state index contributed by atoms with van der Waals surface area (Å²) < 4.78 is 0. The predicted octanol–water partition coefficient (Wildman–Crippen LogP) is 5.13. The molecule has 120 valence electrons. The lowest BCUT2D eigenvalue weighted by Crippen LogP contribution is -2.14. The van der Waals surface area contributed by atoms with Gasteiger partial charge in [-0.25, -0.2) is 4.98 Å². The summed E-state index contributed by atoms with van der Waals surface area (Å²) in [6, 6.07) is 0. The van der Waals surface area contributed by atoms with Crippen molar-refractivity contribution in [2.45, 2.75) is 78.7 Å². The largest absolute Gasteiger partial charge is 0.312 e. The number of hydrogen-bond donors (Lipinski definition) is 1. The molecule has 0 saturated heterocycles. The van der Waals surface area contributed by atoms with Crippen LogP contribution in [0.2, 0.25) is 0 Å². The maximum Gasteiger partial charge on any atom is 0.0962 e.